The maximum absolute atomic E-state index is 4.77. The molecule has 0 fully saturated rings. The first-order valence-electron chi connectivity index (χ1n) is 7.61. The van der Waals surface area contributed by atoms with Gasteiger partial charge in [-0.15, -0.1) is 10.2 Å². The molecular weight excluding hydrogens is 398 g/mol. The van der Waals surface area contributed by atoms with E-state index in [2.05, 4.69) is 61.4 Å². The molecule has 3 heterocycles. The van der Waals surface area contributed by atoms with Gasteiger partial charge in [0.25, 0.3) is 0 Å². The molecule has 0 bridgehead atoms. The lowest BCUT2D eigenvalue weighted by Crippen LogP contribution is -1.92. The normalized spacial score (nSPS) is 11.4. The van der Waals surface area contributed by atoms with Crippen LogP contribution in [0.25, 0.3) is 37.7 Å². The molecule has 25 heavy (non-hydrogen) atoms. The Morgan fingerprint density at radius 2 is 1.84 bits per heavy atom. The Balaban J connectivity index is 1.71. The van der Waals surface area contributed by atoms with Crippen molar-refractivity contribution in [3.05, 3.63) is 65.4 Å². The highest BCUT2D eigenvalue weighted by Crippen LogP contribution is 2.33. The highest BCUT2D eigenvalue weighted by Gasteiger charge is 2.16. The summed E-state index contributed by atoms with van der Waals surface area (Å²) in [6.07, 6.45) is 3.50. The van der Waals surface area contributed by atoms with Crippen molar-refractivity contribution in [2.45, 2.75) is 0 Å². The molecule has 120 valence electrons. The molecule has 5 rings (SSSR count). The molecule has 0 saturated heterocycles. The van der Waals surface area contributed by atoms with Gasteiger partial charge in [0.15, 0.2) is 5.82 Å². The standard InChI is InChI=1S/C18H10BrN5S/c19-13-8-12(9-20-10-13)16-21-22-18-24(16)23-17(25-18)15-7-3-5-11-4-1-2-6-14(11)15/h1-10H. The van der Waals surface area contributed by atoms with E-state index in [1.807, 2.05) is 18.2 Å². The molecule has 0 aliphatic heterocycles. The Morgan fingerprint density at radius 1 is 0.960 bits per heavy atom. The van der Waals surface area contributed by atoms with Gasteiger partial charge in [-0.05, 0) is 32.8 Å². The van der Waals surface area contributed by atoms with Crippen LogP contribution in [0.1, 0.15) is 0 Å². The van der Waals surface area contributed by atoms with Crippen molar-refractivity contribution in [1.29, 1.82) is 0 Å². The molecule has 0 N–H and O–H groups in total. The number of aromatic nitrogens is 5. The number of nitrogens with zero attached hydrogens (tertiary/aromatic N) is 5. The van der Waals surface area contributed by atoms with Crippen molar-refractivity contribution < 1.29 is 0 Å². The van der Waals surface area contributed by atoms with Crippen molar-refractivity contribution in [2.75, 3.05) is 0 Å². The van der Waals surface area contributed by atoms with Crippen LogP contribution in [-0.2, 0) is 0 Å². The van der Waals surface area contributed by atoms with E-state index in [4.69, 9.17) is 5.10 Å². The van der Waals surface area contributed by atoms with Crippen molar-refractivity contribution in [3.63, 3.8) is 0 Å². The van der Waals surface area contributed by atoms with E-state index in [0.717, 1.165) is 25.6 Å². The predicted molar refractivity (Wildman–Crippen MR) is 103 cm³/mol. The number of rotatable bonds is 2. The SMILES string of the molecule is Brc1cncc(-c2nnc3sc(-c4cccc5ccccc45)nn23)c1. The molecule has 0 atom stereocenters. The lowest BCUT2D eigenvalue weighted by molar-refractivity contribution is 0.969. The van der Waals surface area contributed by atoms with Crippen LogP contribution in [0.5, 0.6) is 0 Å². The van der Waals surface area contributed by atoms with Gasteiger partial charge in [0.2, 0.25) is 4.96 Å². The molecule has 5 nitrogen and oxygen atoms in total. The topological polar surface area (TPSA) is 56.0 Å². The van der Waals surface area contributed by atoms with E-state index >= 15 is 0 Å². The van der Waals surface area contributed by atoms with Crippen LogP contribution in [0, 0.1) is 0 Å². The number of benzene rings is 2. The van der Waals surface area contributed by atoms with Crippen LogP contribution in [-0.4, -0.2) is 24.8 Å². The van der Waals surface area contributed by atoms with Crippen molar-refractivity contribution in [1.82, 2.24) is 24.8 Å². The minimum atomic E-state index is 0.687. The first-order valence-corrected chi connectivity index (χ1v) is 9.22. The van der Waals surface area contributed by atoms with Crippen LogP contribution >= 0.6 is 27.3 Å². The zero-order chi connectivity index (χ0) is 16.8. The predicted octanol–water partition coefficient (Wildman–Crippen LogP) is 4.83. The third-order valence-corrected chi connectivity index (χ3v) is 5.34. The average Bonchev–Trinajstić information content (AvgIpc) is 3.21. The number of fused-ring (bicyclic) bond motifs is 2. The minimum Gasteiger partial charge on any atom is -0.263 e. The van der Waals surface area contributed by atoms with E-state index < -0.39 is 0 Å². The van der Waals surface area contributed by atoms with Crippen molar-refractivity contribution >= 4 is 43.0 Å². The van der Waals surface area contributed by atoms with Gasteiger partial charge in [-0.25, -0.2) is 0 Å². The first kappa shape index (κ1) is 14.7. The largest absolute Gasteiger partial charge is 0.263 e. The second-order valence-electron chi connectivity index (χ2n) is 5.54. The van der Waals surface area contributed by atoms with E-state index in [1.54, 1.807) is 16.9 Å². The fourth-order valence-corrected chi connectivity index (χ4v) is 4.10. The van der Waals surface area contributed by atoms with Crippen molar-refractivity contribution in [2.24, 2.45) is 0 Å². The monoisotopic (exact) mass is 407 g/mol. The Hall–Kier alpha value is -2.64. The Bertz CT molecular complexity index is 1220. The highest BCUT2D eigenvalue weighted by atomic mass is 79.9. The molecule has 0 amide bonds. The summed E-state index contributed by atoms with van der Waals surface area (Å²) in [4.78, 5) is 4.96. The molecule has 0 unspecified atom stereocenters. The zero-order valence-corrected chi connectivity index (χ0v) is 15.2. The number of hydrogen-bond acceptors (Lipinski definition) is 5. The van der Waals surface area contributed by atoms with Crippen molar-refractivity contribution in [3.8, 4) is 22.0 Å². The molecular formula is C18H10BrN5S. The summed E-state index contributed by atoms with van der Waals surface area (Å²) in [5, 5.41) is 16.6. The highest BCUT2D eigenvalue weighted by molar-refractivity contribution is 9.10. The molecule has 3 aromatic heterocycles. The smallest absolute Gasteiger partial charge is 0.235 e. The van der Waals surface area contributed by atoms with Crippen LogP contribution in [0.3, 0.4) is 0 Å². The first-order chi connectivity index (χ1) is 12.3. The Kier molecular flexibility index (Phi) is 3.36. The Morgan fingerprint density at radius 3 is 2.76 bits per heavy atom. The lowest BCUT2D eigenvalue weighted by atomic mass is 10.1. The van der Waals surface area contributed by atoms with Gasteiger partial charge in [0.05, 0.1) is 0 Å². The maximum atomic E-state index is 4.77. The average molecular weight is 408 g/mol. The fraction of sp³-hybridized carbons (Fsp3) is 0. The van der Waals surface area contributed by atoms with Crippen LogP contribution < -0.4 is 0 Å². The molecule has 0 radical (unpaired) electrons. The maximum Gasteiger partial charge on any atom is 0.235 e. The summed E-state index contributed by atoms with van der Waals surface area (Å²) in [6, 6.07) is 16.5. The number of halogens is 1. The summed E-state index contributed by atoms with van der Waals surface area (Å²) in [5.74, 6) is 0.687. The second kappa shape index (κ2) is 5.72. The molecule has 0 aliphatic rings. The summed E-state index contributed by atoms with van der Waals surface area (Å²) in [6.45, 7) is 0. The molecule has 5 aromatic rings. The minimum absolute atomic E-state index is 0.687. The van der Waals surface area contributed by atoms with Gasteiger partial charge in [0.1, 0.15) is 5.01 Å². The molecule has 2 aromatic carbocycles. The number of hydrogen-bond donors (Lipinski definition) is 0. The molecule has 0 spiro atoms. The van der Waals surface area contributed by atoms with Crippen LogP contribution in [0.4, 0.5) is 0 Å². The van der Waals surface area contributed by atoms with Crippen LogP contribution in [0.2, 0.25) is 0 Å². The third kappa shape index (κ3) is 2.43. The zero-order valence-electron chi connectivity index (χ0n) is 12.8. The summed E-state index contributed by atoms with van der Waals surface area (Å²) in [5.41, 5.74) is 1.98. The second-order valence-corrected chi connectivity index (χ2v) is 7.42. The van der Waals surface area contributed by atoms with Gasteiger partial charge >= 0.3 is 0 Å². The Labute approximate surface area is 155 Å². The van der Waals surface area contributed by atoms with Gasteiger partial charge in [-0.1, -0.05) is 53.8 Å². The third-order valence-electron chi connectivity index (χ3n) is 3.97. The van der Waals surface area contributed by atoms with E-state index in [0.29, 0.717) is 5.82 Å². The fourth-order valence-electron chi connectivity index (χ4n) is 2.85. The summed E-state index contributed by atoms with van der Waals surface area (Å²) in [7, 11) is 0. The van der Waals surface area contributed by atoms with Gasteiger partial charge in [-0.2, -0.15) is 9.61 Å². The van der Waals surface area contributed by atoms with E-state index in [-0.39, 0.29) is 0 Å². The van der Waals surface area contributed by atoms with E-state index in [1.165, 1.54) is 22.1 Å². The van der Waals surface area contributed by atoms with E-state index in [9.17, 15) is 0 Å². The number of pyridine rings is 1. The summed E-state index contributed by atoms with van der Waals surface area (Å²) >= 11 is 4.97. The molecule has 0 aliphatic carbocycles. The quantitative estimate of drug-likeness (QED) is 0.420. The van der Waals surface area contributed by atoms with Crippen LogP contribution in [0.15, 0.2) is 65.4 Å². The van der Waals surface area contributed by atoms with Gasteiger partial charge < -0.3 is 0 Å². The van der Waals surface area contributed by atoms with Gasteiger partial charge in [-0.3, -0.25) is 4.98 Å². The lowest BCUT2D eigenvalue weighted by Gasteiger charge is -2.02. The summed E-state index contributed by atoms with van der Waals surface area (Å²) < 4.78 is 2.68. The molecule has 0 saturated carbocycles. The van der Waals surface area contributed by atoms with Gasteiger partial charge in [0, 0.05) is 28.0 Å². The molecule has 7 heteroatoms.